The first-order chi connectivity index (χ1) is 9.70. The molecule has 2 fully saturated rings. The highest BCUT2D eigenvalue weighted by molar-refractivity contribution is 5.70. The normalized spacial score (nSPS) is 19.9. The van der Waals surface area contributed by atoms with E-state index in [1.54, 1.807) is 0 Å². The van der Waals surface area contributed by atoms with Crippen LogP contribution >= 0.6 is 0 Å². The van der Waals surface area contributed by atoms with Gasteiger partial charge in [0.25, 0.3) is 0 Å². The van der Waals surface area contributed by atoms with Crippen molar-refractivity contribution in [2.24, 2.45) is 5.84 Å². The number of nitrogens with one attached hydrogen (secondary N) is 1. The predicted octanol–water partition coefficient (Wildman–Crippen LogP) is -0.0452. The second kappa shape index (κ2) is 5.17. The number of aromatic nitrogens is 2. The molecule has 2 aliphatic rings. The minimum atomic E-state index is -0.488. The molecule has 9 nitrogen and oxygen atoms in total. The summed E-state index contributed by atoms with van der Waals surface area (Å²) in [6.45, 7) is 3.30. The standard InChI is InChI=1S/C11H17N7O2/c12-15-10-9(18(19)20)11(14-7-13-10)17-5-3-16(4-6-17)8-1-2-8/h7-8H,1-6,12H2,(H,13,14,15). The lowest BCUT2D eigenvalue weighted by Gasteiger charge is -2.35. The van der Waals surface area contributed by atoms with Crippen molar-refractivity contribution in [3.05, 3.63) is 16.4 Å². The molecular weight excluding hydrogens is 262 g/mol. The molecule has 0 aromatic carbocycles. The van der Waals surface area contributed by atoms with Crippen LogP contribution in [0, 0.1) is 10.1 Å². The van der Waals surface area contributed by atoms with Gasteiger partial charge in [-0.1, -0.05) is 0 Å². The zero-order valence-electron chi connectivity index (χ0n) is 11.0. The van der Waals surface area contributed by atoms with E-state index in [4.69, 9.17) is 5.84 Å². The molecule has 3 rings (SSSR count). The van der Waals surface area contributed by atoms with E-state index in [2.05, 4.69) is 20.3 Å². The topological polar surface area (TPSA) is 113 Å². The maximum atomic E-state index is 11.2. The summed E-state index contributed by atoms with van der Waals surface area (Å²) < 4.78 is 0. The van der Waals surface area contributed by atoms with Gasteiger partial charge < -0.3 is 10.3 Å². The molecule has 0 spiro atoms. The lowest BCUT2D eigenvalue weighted by molar-refractivity contribution is -0.383. The second-order valence-corrected chi connectivity index (χ2v) is 5.05. The largest absolute Gasteiger partial charge is 0.354 e. The SMILES string of the molecule is NNc1ncnc(N2CCN(C3CC3)CC2)c1[N+](=O)[O-]. The number of anilines is 2. The molecule has 1 saturated carbocycles. The molecular formula is C11H17N7O2. The summed E-state index contributed by atoms with van der Waals surface area (Å²) in [5.41, 5.74) is 2.11. The predicted molar refractivity (Wildman–Crippen MR) is 73.3 cm³/mol. The van der Waals surface area contributed by atoms with Crippen LogP contribution in [0.4, 0.5) is 17.3 Å². The Hall–Kier alpha value is -2.00. The van der Waals surface area contributed by atoms with Gasteiger partial charge in [-0.2, -0.15) is 0 Å². The fourth-order valence-electron chi connectivity index (χ4n) is 2.61. The van der Waals surface area contributed by atoms with E-state index in [0.717, 1.165) is 32.2 Å². The number of hydrogen-bond donors (Lipinski definition) is 2. The van der Waals surface area contributed by atoms with Gasteiger partial charge in [-0.15, -0.1) is 0 Å². The van der Waals surface area contributed by atoms with E-state index >= 15 is 0 Å². The van der Waals surface area contributed by atoms with E-state index < -0.39 is 4.92 Å². The van der Waals surface area contributed by atoms with Crippen molar-refractivity contribution in [1.29, 1.82) is 0 Å². The minimum Gasteiger partial charge on any atom is -0.348 e. The third-order valence-electron chi connectivity index (χ3n) is 3.80. The summed E-state index contributed by atoms with van der Waals surface area (Å²) in [5.74, 6) is 5.67. The Morgan fingerprint density at radius 3 is 2.55 bits per heavy atom. The average molecular weight is 279 g/mol. The zero-order chi connectivity index (χ0) is 14.1. The number of nitrogens with two attached hydrogens (primary N) is 1. The van der Waals surface area contributed by atoms with Gasteiger partial charge in [-0.3, -0.25) is 15.0 Å². The van der Waals surface area contributed by atoms with Gasteiger partial charge in [0.1, 0.15) is 6.33 Å². The highest BCUT2D eigenvalue weighted by Gasteiger charge is 2.34. The Labute approximate surface area is 115 Å². The minimum absolute atomic E-state index is 0.0459. The van der Waals surface area contributed by atoms with Crippen LogP contribution in [-0.2, 0) is 0 Å². The number of hydrogen-bond acceptors (Lipinski definition) is 8. The zero-order valence-corrected chi connectivity index (χ0v) is 11.0. The number of nitrogen functional groups attached to an aromatic ring is 1. The number of rotatable bonds is 4. The lowest BCUT2D eigenvalue weighted by Crippen LogP contribution is -2.47. The molecule has 3 N–H and O–H groups in total. The van der Waals surface area contributed by atoms with Crippen molar-refractivity contribution in [3.8, 4) is 0 Å². The molecule has 0 radical (unpaired) electrons. The highest BCUT2D eigenvalue weighted by atomic mass is 16.6. The highest BCUT2D eigenvalue weighted by Crippen LogP contribution is 2.33. The van der Waals surface area contributed by atoms with Crippen LogP contribution in [0.5, 0.6) is 0 Å². The van der Waals surface area contributed by atoms with Gasteiger partial charge in [0.15, 0.2) is 0 Å². The average Bonchev–Trinajstić information content (AvgIpc) is 3.31. The number of nitro groups is 1. The van der Waals surface area contributed by atoms with Crippen LogP contribution in [0.2, 0.25) is 0 Å². The molecule has 9 heteroatoms. The van der Waals surface area contributed by atoms with Gasteiger partial charge in [-0.25, -0.2) is 15.8 Å². The van der Waals surface area contributed by atoms with E-state index in [0.29, 0.717) is 5.82 Å². The van der Waals surface area contributed by atoms with E-state index in [9.17, 15) is 10.1 Å². The number of piperazine rings is 1. The van der Waals surface area contributed by atoms with Crippen LogP contribution in [0.1, 0.15) is 12.8 Å². The first-order valence-electron chi connectivity index (χ1n) is 6.65. The van der Waals surface area contributed by atoms with E-state index in [1.807, 2.05) is 4.90 Å². The van der Waals surface area contributed by atoms with Gasteiger partial charge in [0, 0.05) is 32.2 Å². The first-order valence-corrected chi connectivity index (χ1v) is 6.65. The van der Waals surface area contributed by atoms with Crippen molar-refractivity contribution in [2.75, 3.05) is 36.5 Å². The third kappa shape index (κ3) is 2.37. The fourth-order valence-corrected chi connectivity index (χ4v) is 2.61. The second-order valence-electron chi connectivity index (χ2n) is 5.05. The first kappa shape index (κ1) is 13.0. The smallest absolute Gasteiger partial charge is 0.348 e. The summed E-state index contributed by atoms with van der Waals surface area (Å²) in [6, 6.07) is 0.721. The summed E-state index contributed by atoms with van der Waals surface area (Å²) in [6.07, 6.45) is 3.84. The van der Waals surface area contributed by atoms with Crippen LogP contribution in [0.3, 0.4) is 0 Å². The van der Waals surface area contributed by atoms with Gasteiger partial charge in [-0.05, 0) is 12.8 Å². The fraction of sp³-hybridized carbons (Fsp3) is 0.636. The van der Waals surface area contributed by atoms with Gasteiger partial charge in [0.05, 0.1) is 4.92 Å². The summed E-state index contributed by atoms with van der Waals surface area (Å²) >= 11 is 0. The maximum Gasteiger partial charge on any atom is 0.354 e. The lowest BCUT2D eigenvalue weighted by atomic mass is 10.3. The molecule has 0 bridgehead atoms. The monoisotopic (exact) mass is 279 g/mol. The van der Waals surface area contributed by atoms with Crippen molar-refractivity contribution in [3.63, 3.8) is 0 Å². The Morgan fingerprint density at radius 1 is 1.30 bits per heavy atom. The van der Waals surface area contributed by atoms with Crippen LogP contribution < -0.4 is 16.2 Å². The number of hydrazine groups is 1. The molecule has 1 aliphatic heterocycles. The molecule has 0 amide bonds. The van der Waals surface area contributed by atoms with E-state index in [-0.39, 0.29) is 11.5 Å². The quantitative estimate of drug-likeness (QED) is 0.448. The van der Waals surface area contributed by atoms with Crippen molar-refractivity contribution in [1.82, 2.24) is 14.9 Å². The Kier molecular flexibility index (Phi) is 3.36. The Bertz CT molecular complexity index is 511. The molecule has 1 saturated heterocycles. The van der Waals surface area contributed by atoms with Gasteiger partial charge in [0.2, 0.25) is 11.6 Å². The van der Waals surface area contributed by atoms with Crippen molar-refractivity contribution in [2.45, 2.75) is 18.9 Å². The maximum absolute atomic E-state index is 11.2. The van der Waals surface area contributed by atoms with Crippen LogP contribution in [0.25, 0.3) is 0 Å². The molecule has 20 heavy (non-hydrogen) atoms. The van der Waals surface area contributed by atoms with Crippen molar-refractivity contribution < 1.29 is 4.92 Å². The molecule has 0 unspecified atom stereocenters. The molecule has 1 aliphatic carbocycles. The third-order valence-corrected chi connectivity index (χ3v) is 3.80. The van der Waals surface area contributed by atoms with E-state index in [1.165, 1.54) is 19.2 Å². The molecule has 0 atom stereocenters. The number of nitrogens with zero attached hydrogens (tertiary/aromatic N) is 5. The molecule has 108 valence electrons. The molecule has 1 aromatic rings. The summed E-state index contributed by atoms with van der Waals surface area (Å²) in [7, 11) is 0. The summed E-state index contributed by atoms with van der Waals surface area (Å²) in [4.78, 5) is 23.0. The summed E-state index contributed by atoms with van der Waals surface area (Å²) in [5, 5.41) is 11.2. The van der Waals surface area contributed by atoms with Crippen molar-refractivity contribution >= 4 is 17.3 Å². The molecule has 1 aromatic heterocycles. The van der Waals surface area contributed by atoms with Crippen LogP contribution in [-0.4, -0.2) is 52.0 Å². The Balaban J connectivity index is 1.81. The molecule has 2 heterocycles. The van der Waals surface area contributed by atoms with Crippen LogP contribution in [0.15, 0.2) is 6.33 Å². The Morgan fingerprint density at radius 2 is 2.00 bits per heavy atom. The van der Waals surface area contributed by atoms with Gasteiger partial charge >= 0.3 is 5.69 Å².